The van der Waals surface area contributed by atoms with Gasteiger partial charge in [-0.2, -0.15) is 0 Å². The molecule has 1 aromatic carbocycles. The monoisotopic (exact) mass is 357 g/mol. The number of rotatable bonds is 5. The zero-order valence-corrected chi connectivity index (χ0v) is 15.8. The highest BCUT2D eigenvalue weighted by Crippen LogP contribution is 2.27. The Balaban J connectivity index is 2.08. The van der Waals surface area contributed by atoms with Gasteiger partial charge < -0.3 is 4.57 Å². The minimum Gasteiger partial charge on any atom is -0.331 e. The Hall–Kier alpha value is -2.34. The fraction of sp³-hybridized carbons (Fsp3) is 0.316. The molecule has 3 rings (SSSR count). The molecule has 5 nitrogen and oxygen atoms in total. The van der Waals surface area contributed by atoms with Gasteiger partial charge in [0.05, 0.1) is 5.69 Å². The summed E-state index contributed by atoms with van der Waals surface area (Å²) in [5.41, 5.74) is 3.28. The van der Waals surface area contributed by atoms with Gasteiger partial charge in [-0.1, -0.05) is 31.5 Å². The average molecular weight is 357 g/mol. The van der Waals surface area contributed by atoms with Crippen LogP contribution in [0.4, 0.5) is 5.69 Å². The standard InChI is InChI=1S/C19H23N3O2S/c1-13(2)11-22-12-18(16-6-5-9-20-19(16)22)25(23,24)21-17-8-7-14(3)10-15(17)4/h5-10,12-13,21H,11H2,1-4H3. The first-order chi connectivity index (χ1) is 11.8. The van der Waals surface area contributed by atoms with Gasteiger partial charge in [-0.3, -0.25) is 4.72 Å². The molecule has 25 heavy (non-hydrogen) atoms. The minimum atomic E-state index is -3.70. The third-order valence-corrected chi connectivity index (χ3v) is 5.47. The van der Waals surface area contributed by atoms with Crippen molar-refractivity contribution in [1.29, 1.82) is 0 Å². The summed E-state index contributed by atoms with van der Waals surface area (Å²) >= 11 is 0. The van der Waals surface area contributed by atoms with Crippen molar-refractivity contribution >= 4 is 26.7 Å². The van der Waals surface area contributed by atoms with Gasteiger partial charge in [0, 0.05) is 24.3 Å². The van der Waals surface area contributed by atoms with E-state index < -0.39 is 10.0 Å². The van der Waals surface area contributed by atoms with E-state index in [4.69, 9.17) is 0 Å². The van der Waals surface area contributed by atoms with Crippen LogP contribution in [-0.2, 0) is 16.6 Å². The molecular weight excluding hydrogens is 334 g/mol. The number of benzene rings is 1. The van der Waals surface area contributed by atoms with E-state index in [1.165, 1.54) is 0 Å². The molecule has 0 aliphatic rings. The topological polar surface area (TPSA) is 64.0 Å². The van der Waals surface area contributed by atoms with E-state index in [-0.39, 0.29) is 4.90 Å². The molecule has 0 bridgehead atoms. The lowest BCUT2D eigenvalue weighted by Gasteiger charge is -2.10. The number of aryl methyl sites for hydroxylation is 2. The number of hydrogen-bond acceptors (Lipinski definition) is 3. The van der Waals surface area contributed by atoms with Gasteiger partial charge in [-0.05, 0) is 43.5 Å². The molecule has 0 aliphatic heterocycles. The second kappa shape index (κ2) is 6.52. The zero-order chi connectivity index (χ0) is 18.2. The average Bonchev–Trinajstić information content (AvgIpc) is 2.89. The van der Waals surface area contributed by atoms with E-state index >= 15 is 0 Å². The Morgan fingerprint density at radius 2 is 1.96 bits per heavy atom. The molecule has 132 valence electrons. The zero-order valence-electron chi connectivity index (χ0n) is 14.9. The van der Waals surface area contributed by atoms with Crippen LogP contribution >= 0.6 is 0 Å². The third-order valence-electron chi connectivity index (χ3n) is 4.07. The number of nitrogens with one attached hydrogen (secondary N) is 1. The van der Waals surface area contributed by atoms with Gasteiger partial charge in [0.1, 0.15) is 10.5 Å². The van der Waals surface area contributed by atoms with Crippen LogP contribution in [0, 0.1) is 19.8 Å². The molecule has 0 spiro atoms. The van der Waals surface area contributed by atoms with Gasteiger partial charge in [0.2, 0.25) is 0 Å². The van der Waals surface area contributed by atoms with Crippen molar-refractivity contribution in [1.82, 2.24) is 9.55 Å². The number of hydrogen-bond donors (Lipinski definition) is 1. The van der Waals surface area contributed by atoms with E-state index in [0.29, 0.717) is 29.2 Å². The Kier molecular flexibility index (Phi) is 4.56. The van der Waals surface area contributed by atoms with Crippen LogP contribution < -0.4 is 4.72 Å². The van der Waals surface area contributed by atoms with Gasteiger partial charge in [-0.25, -0.2) is 13.4 Å². The highest BCUT2D eigenvalue weighted by Gasteiger charge is 2.22. The van der Waals surface area contributed by atoms with Crippen molar-refractivity contribution in [3.05, 3.63) is 53.9 Å². The van der Waals surface area contributed by atoms with Crippen molar-refractivity contribution in [3.63, 3.8) is 0 Å². The van der Waals surface area contributed by atoms with Gasteiger partial charge >= 0.3 is 0 Å². The predicted molar refractivity (Wildman–Crippen MR) is 101 cm³/mol. The highest BCUT2D eigenvalue weighted by atomic mass is 32.2. The smallest absolute Gasteiger partial charge is 0.264 e. The molecule has 1 N–H and O–H groups in total. The summed E-state index contributed by atoms with van der Waals surface area (Å²) in [5, 5.41) is 0.639. The molecule has 0 amide bonds. The lowest BCUT2D eigenvalue weighted by molar-refractivity contribution is 0.530. The van der Waals surface area contributed by atoms with Gasteiger partial charge in [-0.15, -0.1) is 0 Å². The van der Waals surface area contributed by atoms with E-state index in [2.05, 4.69) is 23.6 Å². The second-order valence-electron chi connectivity index (χ2n) is 6.84. The number of aromatic nitrogens is 2. The van der Waals surface area contributed by atoms with E-state index in [1.54, 1.807) is 30.6 Å². The van der Waals surface area contributed by atoms with Crippen molar-refractivity contribution in [2.45, 2.75) is 39.1 Å². The van der Waals surface area contributed by atoms with Crippen LogP contribution in [0.25, 0.3) is 11.0 Å². The molecule has 2 aromatic heterocycles. The fourth-order valence-corrected chi connectivity index (χ4v) is 4.31. The molecule has 0 radical (unpaired) electrons. The van der Waals surface area contributed by atoms with Crippen LogP contribution in [-0.4, -0.2) is 18.0 Å². The van der Waals surface area contributed by atoms with Gasteiger partial charge in [0.25, 0.3) is 10.0 Å². The summed E-state index contributed by atoms with van der Waals surface area (Å²) < 4.78 is 30.6. The Morgan fingerprint density at radius 1 is 1.20 bits per heavy atom. The van der Waals surface area contributed by atoms with Crippen LogP contribution in [0.5, 0.6) is 0 Å². The maximum Gasteiger partial charge on any atom is 0.264 e. The lowest BCUT2D eigenvalue weighted by Crippen LogP contribution is -2.13. The molecule has 0 unspecified atom stereocenters. The Bertz CT molecular complexity index is 1020. The summed E-state index contributed by atoms with van der Waals surface area (Å²) in [6.07, 6.45) is 3.37. The third kappa shape index (κ3) is 3.54. The number of nitrogens with zero attached hydrogens (tertiary/aromatic N) is 2. The van der Waals surface area contributed by atoms with Crippen molar-refractivity contribution < 1.29 is 8.42 Å². The molecule has 0 fully saturated rings. The molecule has 0 atom stereocenters. The van der Waals surface area contributed by atoms with E-state index in [1.807, 2.05) is 30.5 Å². The van der Waals surface area contributed by atoms with Gasteiger partial charge in [0.15, 0.2) is 0 Å². The Morgan fingerprint density at radius 3 is 2.64 bits per heavy atom. The normalized spacial score (nSPS) is 12.0. The summed E-state index contributed by atoms with van der Waals surface area (Å²) in [7, 11) is -3.70. The van der Waals surface area contributed by atoms with Crippen molar-refractivity contribution in [2.75, 3.05) is 4.72 Å². The van der Waals surface area contributed by atoms with Crippen LogP contribution in [0.2, 0.25) is 0 Å². The minimum absolute atomic E-state index is 0.260. The summed E-state index contributed by atoms with van der Waals surface area (Å²) in [5.74, 6) is 0.389. The SMILES string of the molecule is Cc1ccc(NS(=O)(=O)c2cn(CC(C)C)c3ncccc23)c(C)c1. The molecule has 0 aliphatic carbocycles. The fourth-order valence-electron chi connectivity index (χ4n) is 2.96. The molecule has 6 heteroatoms. The number of anilines is 1. The number of pyridine rings is 1. The van der Waals surface area contributed by atoms with Crippen molar-refractivity contribution in [3.8, 4) is 0 Å². The summed E-state index contributed by atoms with van der Waals surface area (Å²) in [6.45, 7) is 8.78. The molecule has 0 saturated heterocycles. The lowest BCUT2D eigenvalue weighted by atomic mass is 10.1. The number of fused-ring (bicyclic) bond motifs is 1. The maximum atomic E-state index is 13.0. The quantitative estimate of drug-likeness (QED) is 0.747. The summed E-state index contributed by atoms with van der Waals surface area (Å²) in [6, 6.07) is 9.22. The number of sulfonamides is 1. The molecular formula is C19H23N3O2S. The molecule has 2 heterocycles. The first-order valence-electron chi connectivity index (χ1n) is 8.32. The van der Waals surface area contributed by atoms with E-state index in [0.717, 1.165) is 11.1 Å². The van der Waals surface area contributed by atoms with Crippen LogP contribution in [0.15, 0.2) is 47.6 Å². The highest BCUT2D eigenvalue weighted by molar-refractivity contribution is 7.93. The first kappa shape index (κ1) is 17.5. The van der Waals surface area contributed by atoms with Crippen molar-refractivity contribution in [2.24, 2.45) is 5.92 Å². The predicted octanol–water partition coefficient (Wildman–Crippen LogP) is 4.11. The molecule has 3 aromatic rings. The van der Waals surface area contributed by atoms with Crippen LogP contribution in [0.3, 0.4) is 0 Å². The maximum absolute atomic E-state index is 13.0. The van der Waals surface area contributed by atoms with Crippen LogP contribution in [0.1, 0.15) is 25.0 Å². The van der Waals surface area contributed by atoms with E-state index in [9.17, 15) is 8.42 Å². The summed E-state index contributed by atoms with van der Waals surface area (Å²) in [4.78, 5) is 4.64. The first-order valence-corrected chi connectivity index (χ1v) is 9.80. The molecule has 0 saturated carbocycles. The Labute approximate surface area is 148 Å². The second-order valence-corrected chi connectivity index (χ2v) is 8.49. The largest absolute Gasteiger partial charge is 0.331 e.